The molecule has 2 aliphatic carbocycles. The molecule has 2 rings (SSSR count). The van der Waals surface area contributed by atoms with Gasteiger partial charge in [0.2, 0.25) is 0 Å². The Morgan fingerprint density at radius 2 is 1.91 bits per heavy atom. The van der Waals surface area contributed by atoms with Crippen LogP contribution in [-0.4, -0.2) is 6.54 Å². The highest BCUT2D eigenvalue weighted by Gasteiger charge is 2.64. The Balaban J connectivity index is 2.08. The zero-order valence-electron chi connectivity index (χ0n) is 7.69. The van der Waals surface area contributed by atoms with E-state index in [0.29, 0.717) is 10.8 Å². The van der Waals surface area contributed by atoms with Crippen molar-refractivity contribution < 1.29 is 0 Å². The highest BCUT2D eigenvalue weighted by atomic mass is 14.8. The molecule has 0 saturated heterocycles. The first-order valence-electron chi connectivity index (χ1n) is 4.82. The third kappa shape index (κ3) is 0.807. The van der Waals surface area contributed by atoms with Gasteiger partial charge in [0.05, 0.1) is 0 Å². The van der Waals surface area contributed by atoms with Crippen molar-refractivity contribution >= 4 is 0 Å². The van der Waals surface area contributed by atoms with Crippen LogP contribution in [0.5, 0.6) is 0 Å². The Labute approximate surface area is 69.4 Å². The minimum Gasteiger partial charge on any atom is -0.330 e. The lowest BCUT2D eigenvalue weighted by atomic mass is 9.70. The van der Waals surface area contributed by atoms with Gasteiger partial charge in [-0.15, -0.1) is 0 Å². The quantitative estimate of drug-likeness (QED) is 0.646. The second kappa shape index (κ2) is 2.01. The van der Waals surface area contributed by atoms with Gasteiger partial charge in [0.25, 0.3) is 0 Å². The Morgan fingerprint density at radius 1 is 1.36 bits per heavy atom. The summed E-state index contributed by atoms with van der Waals surface area (Å²) < 4.78 is 0. The van der Waals surface area contributed by atoms with Crippen molar-refractivity contribution in [3.63, 3.8) is 0 Å². The van der Waals surface area contributed by atoms with Gasteiger partial charge in [-0.3, -0.25) is 0 Å². The van der Waals surface area contributed by atoms with Crippen LogP contribution in [0.2, 0.25) is 0 Å². The van der Waals surface area contributed by atoms with Crippen LogP contribution in [0.25, 0.3) is 0 Å². The smallest absolute Gasteiger partial charge is 0.00125 e. The molecule has 2 N–H and O–H groups in total. The Kier molecular flexibility index (Phi) is 1.39. The summed E-state index contributed by atoms with van der Waals surface area (Å²) >= 11 is 0. The lowest BCUT2D eigenvalue weighted by Crippen LogP contribution is -2.33. The normalized spacial score (nSPS) is 41.7. The van der Waals surface area contributed by atoms with E-state index in [2.05, 4.69) is 13.8 Å². The van der Waals surface area contributed by atoms with Crippen LogP contribution in [-0.2, 0) is 0 Å². The van der Waals surface area contributed by atoms with E-state index in [0.717, 1.165) is 12.5 Å². The van der Waals surface area contributed by atoms with Crippen molar-refractivity contribution in [2.24, 2.45) is 22.5 Å². The van der Waals surface area contributed by atoms with E-state index < -0.39 is 0 Å². The van der Waals surface area contributed by atoms with Gasteiger partial charge in [0.15, 0.2) is 0 Å². The third-order valence-corrected chi connectivity index (χ3v) is 4.23. The van der Waals surface area contributed by atoms with Crippen molar-refractivity contribution in [1.29, 1.82) is 0 Å². The van der Waals surface area contributed by atoms with E-state index in [1.54, 1.807) is 0 Å². The summed E-state index contributed by atoms with van der Waals surface area (Å²) in [6.07, 6.45) is 5.71. The first kappa shape index (κ1) is 7.60. The molecule has 0 spiro atoms. The Hall–Kier alpha value is -0.0400. The second-order valence-electron chi connectivity index (χ2n) is 5.05. The van der Waals surface area contributed by atoms with Gasteiger partial charge in [-0.1, -0.05) is 20.3 Å². The van der Waals surface area contributed by atoms with Crippen molar-refractivity contribution in [1.82, 2.24) is 0 Å². The summed E-state index contributed by atoms with van der Waals surface area (Å²) in [5, 5.41) is 0. The first-order chi connectivity index (χ1) is 5.12. The van der Waals surface area contributed by atoms with E-state index in [-0.39, 0.29) is 0 Å². The van der Waals surface area contributed by atoms with Gasteiger partial charge in [0, 0.05) is 0 Å². The summed E-state index contributed by atoms with van der Waals surface area (Å²) in [4.78, 5) is 0. The van der Waals surface area contributed by atoms with Crippen LogP contribution < -0.4 is 5.73 Å². The molecule has 0 aromatic rings. The van der Waals surface area contributed by atoms with E-state index >= 15 is 0 Å². The number of hydrogen-bond donors (Lipinski definition) is 1. The SMILES string of the molecule is CC1(C)CC1(CN)C1CCC1. The Bertz CT molecular complexity index is 170. The number of rotatable bonds is 2. The highest BCUT2D eigenvalue weighted by molar-refractivity contribution is 5.14. The molecule has 0 radical (unpaired) electrons. The van der Waals surface area contributed by atoms with Crippen LogP contribution in [0.4, 0.5) is 0 Å². The maximum Gasteiger partial charge on any atom is -0.00125 e. The average Bonchev–Trinajstić information content (AvgIpc) is 2.31. The topological polar surface area (TPSA) is 26.0 Å². The maximum absolute atomic E-state index is 5.85. The molecule has 0 heterocycles. The largest absolute Gasteiger partial charge is 0.330 e. The Morgan fingerprint density at radius 3 is 2.00 bits per heavy atom. The van der Waals surface area contributed by atoms with Gasteiger partial charge < -0.3 is 5.73 Å². The predicted molar refractivity (Wildman–Crippen MR) is 47.2 cm³/mol. The molecule has 64 valence electrons. The molecule has 2 fully saturated rings. The summed E-state index contributed by atoms with van der Waals surface area (Å²) in [5.74, 6) is 0.975. The van der Waals surface area contributed by atoms with Gasteiger partial charge in [-0.25, -0.2) is 0 Å². The zero-order valence-corrected chi connectivity index (χ0v) is 7.69. The molecule has 1 unspecified atom stereocenters. The maximum atomic E-state index is 5.85. The fraction of sp³-hybridized carbons (Fsp3) is 1.00. The van der Waals surface area contributed by atoms with E-state index in [4.69, 9.17) is 5.73 Å². The average molecular weight is 153 g/mol. The molecule has 1 atom stereocenters. The molecule has 0 aromatic carbocycles. The number of nitrogens with two attached hydrogens (primary N) is 1. The standard InChI is InChI=1S/C10H19N/c1-9(2)6-10(9,7-11)8-4-3-5-8/h8H,3-7,11H2,1-2H3. The molecular weight excluding hydrogens is 134 g/mol. The lowest BCUT2D eigenvalue weighted by molar-refractivity contribution is 0.154. The molecule has 0 amide bonds. The number of hydrogen-bond acceptors (Lipinski definition) is 1. The molecule has 1 heteroatoms. The van der Waals surface area contributed by atoms with Crippen LogP contribution >= 0.6 is 0 Å². The summed E-state index contributed by atoms with van der Waals surface area (Å²) in [5.41, 5.74) is 6.98. The van der Waals surface area contributed by atoms with Gasteiger partial charge in [-0.2, -0.15) is 0 Å². The second-order valence-corrected chi connectivity index (χ2v) is 5.05. The van der Waals surface area contributed by atoms with E-state index in [1.807, 2.05) is 0 Å². The van der Waals surface area contributed by atoms with E-state index in [9.17, 15) is 0 Å². The van der Waals surface area contributed by atoms with Gasteiger partial charge in [-0.05, 0) is 42.6 Å². The third-order valence-electron chi connectivity index (χ3n) is 4.23. The molecule has 0 aromatic heterocycles. The zero-order chi connectivity index (χ0) is 8.11. The highest BCUT2D eigenvalue weighted by Crippen LogP contribution is 2.70. The fourth-order valence-electron chi connectivity index (χ4n) is 2.92. The summed E-state index contributed by atoms with van der Waals surface area (Å²) in [6, 6.07) is 0. The summed E-state index contributed by atoms with van der Waals surface area (Å²) in [6.45, 7) is 5.67. The van der Waals surface area contributed by atoms with Crippen LogP contribution in [0, 0.1) is 16.7 Å². The first-order valence-corrected chi connectivity index (χ1v) is 4.82. The monoisotopic (exact) mass is 153 g/mol. The molecule has 2 saturated carbocycles. The molecule has 2 aliphatic rings. The van der Waals surface area contributed by atoms with Gasteiger partial charge in [0.1, 0.15) is 0 Å². The van der Waals surface area contributed by atoms with Crippen LogP contribution in [0.1, 0.15) is 39.5 Å². The van der Waals surface area contributed by atoms with Gasteiger partial charge >= 0.3 is 0 Å². The van der Waals surface area contributed by atoms with Crippen LogP contribution in [0.15, 0.2) is 0 Å². The minimum atomic E-state index is 0.561. The van der Waals surface area contributed by atoms with Crippen molar-refractivity contribution in [3.8, 4) is 0 Å². The van der Waals surface area contributed by atoms with Crippen LogP contribution in [0.3, 0.4) is 0 Å². The van der Waals surface area contributed by atoms with E-state index in [1.165, 1.54) is 25.7 Å². The van der Waals surface area contributed by atoms with Crippen molar-refractivity contribution in [3.05, 3.63) is 0 Å². The summed E-state index contributed by atoms with van der Waals surface area (Å²) in [7, 11) is 0. The molecule has 0 aliphatic heterocycles. The molecule has 11 heavy (non-hydrogen) atoms. The molecule has 0 bridgehead atoms. The molecule has 1 nitrogen and oxygen atoms in total. The van der Waals surface area contributed by atoms with Crippen molar-refractivity contribution in [2.75, 3.05) is 6.54 Å². The predicted octanol–water partition coefficient (Wildman–Crippen LogP) is 2.16. The lowest BCUT2D eigenvalue weighted by Gasteiger charge is -2.36. The minimum absolute atomic E-state index is 0.561. The fourth-order valence-corrected chi connectivity index (χ4v) is 2.92. The molecular formula is C10H19N. The van der Waals surface area contributed by atoms with Crippen molar-refractivity contribution in [2.45, 2.75) is 39.5 Å².